The Labute approximate surface area is 86.8 Å². The van der Waals surface area contributed by atoms with Gasteiger partial charge in [-0.05, 0) is 6.42 Å². The van der Waals surface area contributed by atoms with E-state index in [4.69, 9.17) is 5.73 Å². The van der Waals surface area contributed by atoms with Crippen molar-refractivity contribution in [2.45, 2.75) is 13.3 Å². The molecule has 0 spiro atoms. The number of aromatic nitrogens is 2. The highest BCUT2D eigenvalue weighted by atomic mass is 16.1. The summed E-state index contributed by atoms with van der Waals surface area (Å²) in [6.07, 6.45) is 2.70. The van der Waals surface area contributed by atoms with Gasteiger partial charge in [0.05, 0.1) is 6.54 Å². The average molecular weight is 207 g/mol. The number of hydrogen-bond acceptors (Lipinski definition) is 5. The molecule has 2 rings (SSSR count). The van der Waals surface area contributed by atoms with Gasteiger partial charge in [-0.15, -0.1) is 0 Å². The molecule has 6 nitrogen and oxygen atoms in total. The number of nitrogens with one attached hydrogen (secondary N) is 1. The molecule has 1 aliphatic heterocycles. The lowest BCUT2D eigenvalue weighted by atomic mass is 10.3. The highest BCUT2D eigenvalue weighted by Crippen LogP contribution is 2.24. The van der Waals surface area contributed by atoms with Crippen LogP contribution in [0.25, 0.3) is 0 Å². The van der Waals surface area contributed by atoms with E-state index in [9.17, 15) is 4.79 Å². The fraction of sp³-hybridized carbons (Fsp3) is 0.444. The third-order valence-electron chi connectivity index (χ3n) is 2.21. The number of aromatic amines is 1. The summed E-state index contributed by atoms with van der Waals surface area (Å²) in [5.41, 5.74) is 5.56. The van der Waals surface area contributed by atoms with E-state index in [0.29, 0.717) is 18.1 Å². The molecule has 15 heavy (non-hydrogen) atoms. The van der Waals surface area contributed by atoms with Crippen molar-refractivity contribution in [3.63, 3.8) is 0 Å². The van der Waals surface area contributed by atoms with E-state index >= 15 is 0 Å². The summed E-state index contributed by atoms with van der Waals surface area (Å²) >= 11 is 0. The van der Waals surface area contributed by atoms with E-state index in [-0.39, 0.29) is 11.5 Å². The lowest BCUT2D eigenvalue weighted by Crippen LogP contribution is -2.31. The van der Waals surface area contributed by atoms with Gasteiger partial charge in [0.2, 0.25) is 5.95 Å². The number of nitrogen functional groups attached to an aromatic ring is 1. The lowest BCUT2D eigenvalue weighted by molar-refractivity contribution is 0.807. The molecule has 2 heterocycles. The van der Waals surface area contributed by atoms with E-state index < -0.39 is 0 Å². The third kappa shape index (κ3) is 1.70. The monoisotopic (exact) mass is 207 g/mol. The minimum atomic E-state index is -0.283. The molecule has 0 aromatic carbocycles. The molecular formula is C9H13N5O. The van der Waals surface area contributed by atoms with Crippen LogP contribution >= 0.6 is 0 Å². The smallest absolute Gasteiger partial charge is 0.280 e. The Morgan fingerprint density at radius 2 is 2.47 bits per heavy atom. The highest BCUT2D eigenvalue weighted by molar-refractivity contribution is 5.79. The number of rotatable bonds is 2. The average Bonchev–Trinajstić information content (AvgIpc) is 2.19. The van der Waals surface area contributed by atoms with Gasteiger partial charge in [-0.1, -0.05) is 6.92 Å². The summed E-state index contributed by atoms with van der Waals surface area (Å²) in [7, 11) is 0. The first-order valence-electron chi connectivity index (χ1n) is 4.89. The molecule has 0 unspecified atom stereocenters. The number of anilines is 2. The van der Waals surface area contributed by atoms with Gasteiger partial charge in [-0.3, -0.25) is 9.78 Å². The summed E-state index contributed by atoms with van der Waals surface area (Å²) in [5.74, 6) is 0.720. The largest absolute Gasteiger partial charge is 0.369 e. The second kappa shape index (κ2) is 3.72. The van der Waals surface area contributed by atoms with Gasteiger partial charge in [-0.2, -0.15) is 4.98 Å². The van der Waals surface area contributed by atoms with E-state index in [0.717, 1.165) is 13.0 Å². The summed E-state index contributed by atoms with van der Waals surface area (Å²) in [5, 5.41) is 0. The van der Waals surface area contributed by atoms with Crippen LogP contribution in [0.5, 0.6) is 0 Å². The molecule has 1 aliphatic rings. The molecule has 3 N–H and O–H groups in total. The lowest BCUT2D eigenvalue weighted by Gasteiger charge is -2.24. The maximum atomic E-state index is 11.5. The second-order valence-corrected chi connectivity index (χ2v) is 3.38. The summed E-state index contributed by atoms with van der Waals surface area (Å²) in [4.78, 5) is 24.1. The normalized spacial score (nSPS) is 14.1. The Morgan fingerprint density at radius 3 is 3.20 bits per heavy atom. The van der Waals surface area contributed by atoms with Crippen LogP contribution in [0.15, 0.2) is 9.79 Å². The number of nitrogens with two attached hydrogens (primary N) is 1. The van der Waals surface area contributed by atoms with E-state index in [1.807, 2.05) is 4.90 Å². The zero-order chi connectivity index (χ0) is 10.8. The molecular weight excluding hydrogens is 194 g/mol. The van der Waals surface area contributed by atoms with Crippen molar-refractivity contribution in [3.05, 3.63) is 10.4 Å². The Morgan fingerprint density at radius 1 is 1.67 bits per heavy atom. The summed E-state index contributed by atoms with van der Waals surface area (Å²) in [6, 6.07) is 0. The van der Waals surface area contributed by atoms with Gasteiger partial charge >= 0.3 is 0 Å². The molecule has 1 aromatic rings. The standard InChI is InChI=1S/C9H13N5O/c1-2-4-14-5-3-11-6-7(14)12-9(10)13-8(6)15/h3H,2,4-5H2,1H3,(H3,10,12,13,15). The van der Waals surface area contributed by atoms with Crippen molar-refractivity contribution >= 4 is 23.7 Å². The minimum absolute atomic E-state index is 0.136. The maximum absolute atomic E-state index is 11.5. The SMILES string of the molecule is CCCN1CC=Nc2c1nc(N)[nH]c2=O. The molecule has 0 amide bonds. The Bertz CT molecular complexity index is 450. The predicted octanol–water partition coefficient (Wildman–Crippen LogP) is 0.284. The van der Waals surface area contributed by atoms with E-state index in [1.165, 1.54) is 0 Å². The van der Waals surface area contributed by atoms with Crippen molar-refractivity contribution < 1.29 is 0 Å². The second-order valence-electron chi connectivity index (χ2n) is 3.38. The molecule has 0 aliphatic carbocycles. The zero-order valence-corrected chi connectivity index (χ0v) is 8.53. The van der Waals surface area contributed by atoms with Gasteiger partial charge in [0.1, 0.15) is 0 Å². The number of nitrogens with zero attached hydrogens (tertiary/aromatic N) is 3. The van der Waals surface area contributed by atoms with Gasteiger partial charge in [0, 0.05) is 12.8 Å². The van der Waals surface area contributed by atoms with E-state index in [2.05, 4.69) is 21.9 Å². The Kier molecular flexibility index (Phi) is 2.40. The first-order chi connectivity index (χ1) is 7.22. The number of fused-ring (bicyclic) bond motifs is 1. The van der Waals surface area contributed by atoms with Crippen LogP contribution in [0.2, 0.25) is 0 Å². The van der Waals surface area contributed by atoms with Crippen molar-refractivity contribution in [2.75, 3.05) is 23.7 Å². The molecule has 1 aromatic heterocycles. The summed E-state index contributed by atoms with van der Waals surface area (Å²) < 4.78 is 0. The molecule has 0 saturated carbocycles. The molecule has 0 radical (unpaired) electrons. The van der Waals surface area contributed by atoms with Gasteiger partial charge < -0.3 is 10.6 Å². The van der Waals surface area contributed by atoms with Gasteiger partial charge in [0.15, 0.2) is 11.5 Å². The van der Waals surface area contributed by atoms with Gasteiger partial charge in [0.25, 0.3) is 5.56 Å². The highest BCUT2D eigenvalue weighted by Gasteiger charge is 2.18. The van der Waals surface area contributed by atoms with Crippen LogP contribution in [0.3, 0.4) is 0 Å². The number of hydrogen-bond donors (Lipinski definition) is 2. The molecule has 80 valence electrons. The predicted molar refractivity (Wildman–Crippen MR) is 59.9 cm³/mol. The van der Waals surface area contributed by atoms with Crippen LogP contribution in [0.1, 0.15) is 13.3 Å². The Balaban J connectivity index is 2.51. The van der Waals surface area contributed by atoms with Crippen LogP contribution < -0.4 is 16.2 Å². The topological polar surface area (TPSA) is 87.4 Å². The number of aliphatic imine (C=N–C) groups is 1. The molecule has 6 heteroatoms. The molecule has 0 saturated heterocycles. The first-order valence-corrected chi connectivity index (χ1v) is 4.89. The van der Waals surface area contributed by atoms with Crippen molar-refractivity contribution in [1.82, 2.24) is 9.97 Å². The van der Waals surface area contributed by atoms with Crippen LogP contribution in [-0.2, 0) is 0 Å². The van der Waals surface area contributed by atoms with Crippen LogP contribution in [-0.4, -0.2) is 29.3 Å². The molecule has 0 bridgehead atoms. The van der Waals surface area contributed by atoms with Crippen molar-refractivity contribution in [3.8, 4) is 0 Å². The molecule has 0 fully saturated rings. The van der Waals surface area contributed by atoms with Gasteiger partial charge in [-0.25, -0.2) is 4.99 Å². The maximum Gasteiger partial charge on any atom is 0.280 e. The minimum Gasteiger partial charge on any atom is -0.369 e. The zero-order valence-electron chi connectivity index (χ0n) is 8.53. The fourth-order valence-corrected chi connectivity index (χ4v) is 1.59. The van der Waals surface area contributed by atoms with Crippen molar-refractivity contribution in [2.24, 2.45) is 4.99 Å². The van der Waals surface area contributed by atoms with E-state index in [1.54, 1.807) is 6.21 Å². The van der Waals surface area contributed by atoms with Crippen LogP contribution in [0, 0.1) is 0 Å². The summed E-state index contributed by atoms with van der Waals surface area (Å²) in [6.45, 7) is 3.59. The quantitative estimate of drug-likeness (QED) is 0.729. The van der Waals surface area contributed by atoms with Crippen molar-refractivity contribution in [1.29, 1.82) is 0 Å². The number of H-pyrrole nitrogens is 1. The van der Waals surface area contributed by atoms with Crippen LogP contribution in [0.4, 0.5) is 17.5 Å². The Hall–Kier alpha value is -1.85. The molecule has 0 atom stereocenters. The third-order valence-corrected chi connectivity index (χ3v) is 2.21. The fourth-order valence-electron chi connectivity index (χ4n) is 1.59. The first kappa shape index (κ1) is 9.70.